The van der Waals surface area contributed by atoms with Crippen LogP contribution in [-0.4, -0.2) is 96.8 Å². The van der Waals surface area contributed by atoms with Crippen LogP contribution in [0.15, 0.2) is 35.9 Å². The van der Waals surface area contributed by atoms with Gasteiger partial charge in [0.05, 0.1) is 42.9 Å². The summed E-state index contributed by atoms with van der Waals surface area (Å²) in [5.74, 6) is 2.01. The molecular weight excluding hydrogens is 795 g/mol. The van der Waals surface area contributed by atoms with Crippen molar-refractivity contribution in [1.82, 2.24) is 19.8 Å². The van der Waals surface area contributed by atoms with Crippen LogP contribution in [0.2, 0.25) is 0 Å². The van der Waals surface area contributed by atoms with Gasteiger partial charge in [0.1, 0.15) is 28.5 Å². The van der Waals surface area contributed by atoms with Crippen LogP contribution < -0.4 is 14.4 Å². The second-order valence-electron chi connectivity index (χ2n) is 18.0. The summed E-state index contributed by atoms with van der Waals surface area (Å²) in [6.07, 6.45) is 7.94. The maximum atomic E-state index is 18.0. The van der Waals surface area contributed by atoms with Crippen molar-refractivity contribution in [2.45, 2.75) is 90.2 Å². The van der Waals surface area contributed by atoms with E-state index < -0.39 is 23.3 Å². The molecule has 4 aromatic rings. The molecule has 11 nitrogen and oxygen atoms in total. The number of hydrogen-bond acceptors (Lipinski definition) is 10. The van der Waals surface area contributed by atoms with E-state index in [0.717, 1.165) is 25.7 Å². The lowest BCUT2D eigenvalue weighted by molar-refractivity contribution is 0.0122. The largest absolute Gasteiger partial charge is 0.468 e. The Labute approximate surface area is 351 Å². The lowest BCUT2D eigenvalue weighted by atomic mass is 9.88. The van der Waals surface area contributed by atoms with E-state index in [0.29, 0.717) is 90.0 Å². The first-order valence-electron chi connectivity index (χ1n) is 20.9. The van der Waals surface area contributed by atoms with Gasteiger partial charge in [-0.25, -0.2) is 13.6 Å². The average Bonchev–Trinajstić information content (AvgIpc) is 3.71. The van der Waals surface area contributed by atoms with Crippen molar-refractivity contribution >= 4 is 33.6 Å². The molecule has 0 unspecified atom stereocenters. The van der Waals surface area contributed by atoms with Crippen molar-refractivity contribution in [3.8, 4) is 35.2 Å². The molecule has 61 heavy (non-hydrogen) atoms. The van der Waals surface area contributed by atoms with Crippen LogP contribution in [0.25, 0.3) is 32.8 Å². The number of rotatable bonds is 10. The molecule has 5 aliphatic rings. The van der Waals surface area contributed by atoms with Crippen LogP contribution in [0, 0.1) is 29.4 Å². The SMILES string of the molecule is C#Cc1c(F)ccc2cc(OCOC)cc(-c3c4c(c5c(N6C[C@H]7CC[C@@H](C6)N7C(=O)OC(C)(C)C)nc(OCC6(CN7CCC(=C(F)F)CC7)CC6)nc5c3F)COC4)c12. The first-order chi connectivity index (χ1) is 29.3. The second kappa shape index (κ2) is 15.9. The Morgan fingerprint density at radius 2 is 1.72 bits per heavy atom. The number of likely N-dealkylation sites (tertiary alicyclic amines) is 1. The third kappa shape index (κ3) is 7.83. The first kappa shape index (κ1) is 41.2. The number of carbonyl (C=O) groups excluding carboxylic acids is 1. The topological polar surface area (TPSA) is 98.7 Å². The summed E-state index contributed by atoms with van der Waals surface area (Å²) in [5.41, 5.74) is 1.03. The van der Waals surface area contributed by atoms with Gasteiger partial charge in [0.2, 0.25) is 0 Å². The average molecular weight is 844 g/mol. The maximum absolute atomic E-state index is 18.0. The van der Waals surface area contributed by atoms with Crippen LogP contribution >= 0.6 is 0 Å². The summed E-state index contributed by atoms with van der Waals surface area (Å²) in [6, 6.07) is 5.84. The Balaban J connectivity index is 1.16. The highest BCUT2D eigenvalue weighted by atomic mass is 19.3. The highest BCUT2D eigenvalue weighted by Gasteiger charge is 2.47. The molecule has 5 heterocycles. The van der Waals surface area contributed by atoms with Crippen molar-refractivity contribution < 1.29 is 46.0 Å². The Bertz CT molecular complexity index is 2470. The molecule has 2 bridgehead atoms. The van der Waals surface area contributed by atoms with Gasteiger partial charge >= 0.3 is 12.1 Å². The predicted octanol–water partition coefficient (Wildman–Crippen LogP) is 8.72. The quantitative estimate of drug-likeness (QED) is 0.0877. The molecule has 4 aliphatic heterocycles. The lowest BCUT2D eigenvalue weighted by Gasteiger charge is -2.42. The molecule has 1 saturated carbocycles. The molecule has 2 atom stereocenters. The third-order valence-electron chi connectivity index (χ3n) is 12.7. The normalized spacial score (nSPS) is 20.9. The molecule has 4 fully saturated rings. The van der Waals surface area contributed by atoms with E-state index in [2.05, 4.69) is 15.7 Å². The molecule has 322 valence electrons. The highest BCUT2D eigenvalue weighted by molar-refractivity contribution is 6.06. The number of piperidine rings is 1. The van der Waals surface area contributed by atoms with Crippen LogP contribution in [0.3, 0.4) is 0 Å². The van der Waals surface area contributed by atoms with Crippen molar-refractivity contribution in [2.75, 3.05) is 58.1 Å². The lowest BCUT2D eigenvalue weighted by Crippen LogP contribution is -2.57. The smallest absolute Gasteiger partial charge is 0.410 e. The van der Waals surface area contributed by atoms with Gasteiger partial charge in [-0.05, 0) is 105 Å². The molecule has 0 N–H and O–H groups in total. The number of nitrogens with zero attached hydrogens (tertiary/aromatic N) is 5. The molecule has 9 rings (SSSR count). The molecule has 0 spiro atoms. The summed E-state index contributed by atoms with van der Waals surface area (Å²) >= 11 is 0. The van der Waals surface area contributed by atoms with Gasteiger partial charge in [-0.1, -0.05) is 12.0 Å². The van der Waals surface area contributed by atoms with Gasteiger partial charge in [-0.3, -0.25) is 4.90 Å². The monoisotopic (exact) mass is 843 g/mol. The second-order valence-corrected chi connectivity index (χ2v) is 18.0. The number of hydrogen-bond donors (Lipinski definition) is 0. The molecule has 3 aromatic carbocycles. The first-order valence-corrected chi connectivity index (χ1v) is 20.9. The van der Waals surface area contributed by atoms with Crippen LogP contribution in [0.5, 0.6) is 11.8 Å². The number of ether oxygens (including phenoxy) is 5. The third-order valence-corrected chi connectivity index (χ3v) is 12.7. The summed E-state index contributed by atoms with van der Waals surface area (Å²) < 4.78 is 89.4. The van der Waals surface area contributed by atoms with Gasteiger partial charge < -0.3 is 33.5 Å². The van der Waals surface area contributed by atoms with Crippen LogP contribution in [0.4, 0.5) is 28.2 Å². The number of terminal acetylenes is 1. The van der Waals surface area contributed by atoms with E-state index in [9.17, 15) is 13.6 Å². The van der Waals surface area contributed by atoms with E-state index in [1.807, 2.05) is 25.7 Å². The standard InChI is InChI=1S/C46H49F4N5O6/c1-6-31-35(47)10-7-27-17-30(60-25-57-5)18-32(36(27)31)37-33-21-58-22-34(33)38-40(39(37)48)51-43(59-24-46(13-14-46)23-53-15-11-26(12-16-53)41(49)50)52-42(38)54-19-28-8-9-29(20-54)55(28)44(56)61-45(2,3)4/h1,7,10,17-18,28-29H,8-9,11-16,19-25H2,2-5H3/t28-,29+. The fourth-order valence-corrected chi connectivity index (χ4v) is 9.60. The number of carbonyl (C=O) groups is 1. The summed E-state index contributed by atoms with van der Waals surface area (Å²) in [6.45, 7) is 8.51. The van der Waals surface area contributed by atoms with Gasteiger partial charge in [-0.2, -0.15) is 18.7 Å². The number of benzene rings is 3. The minimum absolute atomic E-state index is 0.00429. The van der Waals surface area contributed by atoms with E-state index in [1.165, 1.54) is 13.2 Å². The Hall–Kier alpha value is -5.17. The fourth-order valence-electron chi connectivity index (χ4n) is 9.60. The van der Waals surface area contributed by atoms with Crippen LogP contribution in [0.1, 0.15) is 76.0 Å². The molecule has 1 aromatic heterocycles. The summed E-state index contributed by atoms with van der Waals surface area (Å²) in [5, 5.41) is 1.36. The van der Waals surface area contributed by atoms with Crippen molar-refractivity contribution in [2.24, 2.45) is 5.41 Å². The number of aromatic nitrogens is 2. The minimum atomic E-state index is -1.58. The fraction of sp³-hybridized carbons (Fsp3) is 0.500. The van der Waals surface area contributed by atoms with E-state index >= 15 is 8.78 Å². The molecule has 1 amide bonds. The van der Waals surface area contributed by atoms with E-state index in [-0.39, 0.29) is 78.4 Å². The van der Waals surface area contributed by atoms with E-state index in [4.69, 9.17) is 40.1 Å². The molecule has 3 saturated heterocycles. The number of amides is 1. The number of piperazine rings is 1. The Morgan fingerprint density at radius 1 is 1.00 bits per heavy atom. The van der Waals surface area contributed by atoms with Crippen molar-refractivity contribution in [1.29, 1.82) is 0 Å². The Kier molecular flexibility index (Phi) is 10.8. The van der Waals surface area contributed by atoms with Crippen molar-refractivity contribution in [3.63, 3.8) is 0 Å². The molecular formula is C46H49F4N5O6. The Morgan fingerprint density at radius 3 is 2.38 bits per heavy atom. The summed E-state index contributed by atoms with van der Waals surface area (Å²) in [4.78, 5) is 29.4. The minimum Gasteiger partial charge on any atom is -0.468 e. The summed E-state index contributed by atoms with van der Waals surface area (Å²) in [7, 11) is 1.49. The molecule has 0 radical (unpaired) electrons. The van der Waals surface area contributed by atoms with E-state index in [1.54, 1.807) is 18.2 Å². The highest BCUT2D eigenvalue weighted by Crippen LogP contribution is 2.49. The van der Waals surface area contributed by atoms with Gasteiger partial charge in [-0.15, -0.1) is 6.42 Å². The van der Waals surface area contributed by atoms with Crippen LogP contribution in [-0.2, 0) is 27.4 Å². The van der Waals surface area contributed by atoms with Gasteiger partial charge in [0.25, 0.3) is 6.08 Å². The maximum Gasteiger partial charge on any atom is 0.410 e. The zero-order valence-corrected chi connectivity index (χ0v) is 34.8. The predicted molar refractivity (Wildman–Crippen MR) is 221 cm³/mol. The van der Waals surface area contributed by atoms with Gasteiger partial charge in [0, 0.05) is 56.2 Å². The molecule has 15 heteroatoms. The number of halogens is 4. The number of methoxy groups -OCH3 is 1. The number of anilines is 1. The van der Waals surface area contributed by atoms with Gasteiger partial charge in [0.15, 0.2) is 12.6 Å². The molecule has 1 aliphatic carbocycles. The zero-order chi connectivity index (χ0) is 42.8. The van der Waals surface area contributed by atoms with Crippen molar-refractivity contribution in [3.05, 3.63) is 64.2 Å². The zero-order valence-electron chi connectivity index (χ0n) is 34.8. The number of fused-ring (bicyclic) bond motifs is 6.